The van der Waals surface area contributed by atoms with E-state index >= 15 is 0 Å². The first kappa shape index (κ1) is 49.4. The molecule has 9 heteroatoms. The molecular formula is C31H60BaO8. The van der Waals surface area contributed by atoms with Crippen LogP contribution in [-0.2, 0) is 23.9 Å². The van der Waals surface area contributed by atoms with E-state index in [9.17, 15) is 19.2 Å². The molecule has 0 rings (SSSR count). The van der Waals surface area contributed by atoms with Gasteiger partial charge in [-0.05, 0) is 39.5 Å². The first-order valence-corrected chi connectivity index (χ1v) is 15.1. The fourth-order valence-electron chi connectivity index (χ4n) is 4.22. The smallest absolute Gasteiger partial charge is 0.870 e. The molecule has 3 N–H and O–H groups in total. The van der Waals surface area contributed by atoms with Gasteiger partial charge in [0.2, 0.25) is 0 Å². The van der Waals surface area contributed by atoms with Crippen molar-refractivity contribution in [3.05, 3.63) is 0 Å². The fraction of sp³-hybridized carbons (Fsp3) is 0.871. The number of aliphatic carboxylic acids is 1. The van der Waals surface area contributed by atoms with Crippen LogP contribution in [0.25, 0.3) is 0 Å². The molecule has 0 atom stereocenters. The molecule has 0 amide bonds. The number of rotatable bonds is 26. The second-order valence-electron chi connectivity index (χ2n) is 10.4. The molecule has 0 saturated carbocycles. The Kier molecular flexibility index (Phi) is 50.6. The SMILES string of the molecule is CC(=O)CCCCCCCCCCCCC(=O)O.COC(=O)CCCCCCCCCCCCC(C)=O.[Ba+2].[OH-].[OH-]. The van der Waals surface area contributed by atoms with Crippen LogP contribution in [-0.4, -0.2) is 95.6 Å². The maximum Gasteiger partial charge on any atom is 2.00 e. The summed E-state index contributed by atoms with van der Waals surface area (Å²) in [4.78, 5) is 42.6. The monoisotopic (exact) mass is 698 g/mol. The number of hydrogen-bond donors (Lipinski definition) is 1. The van der Waals surface area contributed by atoms with Crippen molar-refractivity contribution < 1.29 is 40.0 Å². The van der Waals surface area contributed by atoms with Crippen molar-refractivity contribution in [2.45, 2.75) is 168 Å². The summed E-state index contributed by atoms with van der Waals surface area (Å²) >= 11 is 0. The molecule has 0 aliphatic carbocycles. The Morgan fingerprint density at radius 2 is 0.675 bits per heavy atom. The first-order valence-electron chi connectivity index (χ1n) is 15.1. The molecule has 0 heterocycles. The number of carboxylic acid groups (broad SMARTS) is 1. The summed E-state index contributed by atoms with van der Waals surface area (Å²) in [5.74, 6) is -0.158. The van der Waals surface area contributed by atoms with Gasteiger partial charge in [0.25, 0.3) is 0 Å². The van der Waals surface area contributed by atoms with Crippen LogP contribution in [0.5, 0.6) is 0 Å². The van der Waals surface area contributed by atoms with E-state index in [1.165, 1.54) is 90.6 Å². The second-order valence-corrected chi connectivity index (χ2v) is 10.4. The van der Waals surface area contributed by atoms with E-state index < -0.39 is 5.97 Å². The number of methoxy groups -OCH3 is 1. The zero-order valence-corrected chi connectivity index (χ0v) is 30.5. The third-order valence-electron chi connectivity index (χ3n) is 6.56. The Morgan fingerprint density at radius 3 is 0.900 bits per heavy atom. The normalized spacial score (nSPS) is 9.68. The van der Waals surface area contributed by atoms with E-state index in [-0.39, 0.29) is 65.8 Å². The second kappa shape index (κ2) is 40.9. The van der Waals surface area contributed by atoms with E-state index in [1.54, 1.807) is 13.8 Å². The molecule has 0 aromatic rings. The molecule has 0 saturated heterocycles. The van der Waals surface area contributed by atoms with Crippen LogP contribution in [0.4, 0.5) is 0 Å². The van der Waals surface area contributed by atoms with Crippen molar-refractivity contribution in [2.24, 2.45) is 0 Å². The molecule has 234 valence electrons. The van der Waals surface area contributed by atoms with Gasteiger partial charge in [-0.3, -0.25) is 9.59 Å². The molecule has 0 spiro atoms. The van der Waals surface area contributed by atoms with Crippen LogP contribution in [0.3, 0.4) is 0 Å². The van der Waals surface area contributed by atoms with E-state index in [2.05, 4.69) is 4.74 Å². The molecule has 40 heavy (non-hydrogen) atoms. The number of carbonyl (C=O) groups is 4. The van der Waals surface area contributed by atoms with Crippen LogP contribution in [0, 0.1) is 0 Å². The van der Waals surface area contributed by atoms with E-state index in [1.807, 2.05) is 0 Å². The molecule has 0 fully saturated rings. The summed E-state index contributed by atoms with van der Waals surface area (Å²) in [5.41, 5.74) is 0. The largest absolute Gasteiger partial charge is 2.00 e. The number of esters is 1. The Hall–Kier alpha value is -0.229. The fourth-order valence-corrected chi connectivity index (χ4v) is 4.22. The summed E-state index contributed by atoms with van der Waals surface area (Å²) in [5, 5.41) is 8.47. The molecule has 0 bridgehead atoms. The van der Waals surface area contributed by atoms with Gasteiger partial charge in [-0.15, -0.1) is 0 Å². The molecule has 0 aromatic carbocycles. The van der Waals surface area contributed by atoms with Gasteiger partial charge < -0.3 is 30.4 Å². The maximum atomic E-state index is 10.9. The number of ketones is 2. The number of unbranched alkanes of at least 4 members (excludes halogenated alkanes) is 18. The Morgan fingerprint density at radius 1 is 0.450 bits per heavy atom. The third kappa shape index (κ3) is 50.6. The van der Waals surface area contributed by atoms with Crippen LogP contribution >= 0.6 is 0 Å². The van der Waals surface area contributed by atoms with Gasteiger partial charge in [-0.2, -0.15) is 0 Å². The molecular weight excluding hydrogens is 638 g/mol. The van der Waals surface area contributed by atoms with E-state index in [4.69, 9.17) is 5.11 Å². The molecule has 8 nitrogen and oxygen atoms in total. The van der Waals surface area contributed by atoms with E-state index in [0.29, 0.717) is 24.4 Å². The maximum absolute atomic E-state index is 10.9. The predicted octanol–water partition coefficient (Wildman–Crippen LogP) is 8.04. The average molecular weight is 698 g/mol. The molecule has 0 aromatic heterocycles. The van der Waals surface area contributed by atoms with Gasteiger partial charge in [-0.1, -0.05) is 103 Å². The van der Waals surface area contributed by atoms with Gasteiger partial charge in [0.15, 0.2) is 0 Å². The summed E-state index contributed by atoms with van der Waals surface area (Å²) in [6.45, 7) is 3.32. The van der Waals surface area contributed by atoms with Crippen LogP contribution in [0.15, 0.2) is 0 Å². The standard InChI is InChI=1S/C16H30O3.C15H28O3.Ba.2H2O/c1-15(17)13-11-9-7-5-3-4-6-8-10-12-14-16(18)19-2;1-14(16)12-10-8-6-4-2-3-5-7-9-11-13-15(17)18;;;/h3-14H2,1-2H3;2-13H2,1H3,(H,17,18);;2*1H2/q;;+2;;/p-2. The Labute approximate surface area is 285 Å². The molecule has 0 radical (unpaired) electrons. The van der Waals surface area contributed by atoms with Gasteiger partial charge in [-0.25, -0.2) is 0 Å². The molecule has 0 aliphatic heterocycles. The van der Waals surface area contributed by atoms with Gasteiger partial charge in [0.05, 0.1) is 7.11 Å². The summed E-state index contributed by atoms with van der Waals surface area (Å²) in [7, 11) is 1.44. The molecule has 0 unspecified atom stereocenters. The zero-order chi connectivity index (χ0) is 28.0. The van der Waals surface area contributed by atoms with Crippen molar-refractivity contribution in [2.75, 3.05) is 7.11 Å². The van der Waals surface area contributed by atoms with E-state index in [0.717, 1.165) is 57.8 Å². The quantitative estimate of drug-likeness (QED) is 0.0540. The Balaban J connectivity index is -0.000000190. The number of hydrogen-bond acceptors (Lipinski definition) is 7. The van der Waals surface area contributed by atoms with Crippen molar-refractivity contribution in [1.82, 2.24) is 0 Å². The first-order chi connectivity index (χ1) is 17.8. The van der Waals surface area contributed by atoms with Crippen molar-refractivity contribution in [3.8, 4) is 0 Å². The van der Waals surface area contributed by atoms with Gasteiger partial charge in [0.1, 0.15) is 11.6 Å². The van der Waals surface area contributed by atoms with Gasteiger partial charge >= 0.3 is 60.8 Å². The average Bonchev–Trinajstić information content (AvgIpc) is 2.85. The Bertz CT molecular complexity index is 546. The van der Waals surface area contributed by atoms with Gasteiger partial charge in [0, 0.05) is 25.7 Å². The third-order valence-corrected chi connectivity index (χ3v) is 6.56. The van der Waals surface area contributed by atoms with Crippen LogP contribution in [0.1, 0.15) is 168 Å². The topological polar surface area (TPSA) is 158 Å². The summed E-state index contributed by atoms with van der Waals surface area (Å²) < 4.78 is 4.60. The van der Waals surface area contributed by atoms with Crippen molar-refractivity contribution in [1.29, 1.82) is 0 Å². The van der Waals surface area contributed by atoms with Crippen molar-refractivity contribution in [3.63, 3.8) is 0 Å². The van der Waals surface area contributed by atoms with Crippen LogP contribution in [0.2, 0.25) is 0 Å². The number of ether oxygens (including phenoxy) is 1. The minimum absolute atomic E-state index is 0. The zero-order valence-electron chi connectivity index (χ0n) is 26.1. The summed E-state index contributed by atoms with van der Waals surface area (Å²) in [6, 6.07) is 0. The number of carboxylic acids is 1. The number of carbonyl (C=O) groups excluding carboxylic acids is 3. The van der Waals surface area contributed by atoms with Crippen LogP contribution < -0.4 is 0 Å². The molecule has 0 aliphatic rings. The number of Topliss-reactive ketones (excluding diaryl/α,β-unsaturated/α-hetero) is 2. The minimum atomic E-state index is -0.680. The minimum Gasteiger partial charge on any atom is -0.870 e. The summed E-state index contributed by atoms with van der Waals surface area (Å²) in [6.07, 6.45) is 25.9. The predicted molar refractivity (Wildman–Crippen MR) is 161 cm³/mol. The van der Waals surface area contributed by atoms with Crippen molar-refractivity contribution >= 4 is 72.4 Å².